The van der Waals surface area contributed by atoms with Crippen LogP contribution in [0.25, 0.3) is 0 Å². The van der Waals surface area contributed by atoms with Crippen molar-refractivity contribution in [3.63, 3.8) is 0 Å². The fourth-order valence-electron chi connectivity index (χ4n) is 2.84. The summed E-state index contributed by atoms with van der Waals surface area (Å²) in [7, 11) is -1.10. The molecule has 0 atom stereocenters. The first-order chi connectivity index (χ1) is 14.1. The second-order valence-corrected chi connectivity index (χ2v) is 8.52. The number of hydrogen-bond acceptors (Lipinski definition) is 6. The Labute approximate surface area is 172 Å². The van der Waals surface area contributed by atoms with Crippen molar-refractivity contribution in [1.82, 2.24) is 9.78 Å². The van der Waals surface area contributed by atoms with Gasteiger partial charge in [0.25, 0.3) is 21.6 Å². The van der Waals surface area contributed by atoms with Crippen LogP contribution in [0.4, 0.5) is 17.2 Å². The van der Waals surface area contributed by atoms with Crippen molar-refractivity contribution in [2.75, 3.05) is 16.7 Å². The number of amides is 1. The summed E-state index contributed by atoms with van der Waals surface area (Å²) in [6, 6.07) is 11.8. The first kappa shape index (κ1) is 21.0. The van der Waals surface area contributed by atoms with Crippen molar-refractivity contribution >= 4 is 33.1 Å². The molecule has 1 amide bonds. The molecule has 0 fully saturated rings. The van der Waals surface area contributed by atoms with Crippen molar-refractivity contribution in [2.24, 2.45) is 7.05 Å². The first-order valence-electron chi connectivity index (χ1n) is 8.74. The zero-order valence-corrected chi connectivity index (χ0v) is 17.3. The number of benzene rings is 2. The number of nitro groups is 1. The van der Waals surface area contributed by atoms with Gasteiger partial charge < -0.3 is 5.32 Å². The van der Waals surface area contributed by atoms with Gasteiger partial charge in [0, 0.05) is 31.9 Å². The summed E-state index contributed by atoms with van der Waals surface area (Å²) in [6.07, 6.45) is 1.24. The quantitative estimate of drug-likeness (QED) is 0.474. The van der Waals surface area contributed by atoms with Crippen molar-refractivity contribution < 1.29 is 18.1 Å². The Morgan fingerprint density at radius 2 is 1.87 bits per heavy atom. The number of anilines is 2. The second kappa shape index (κ2) is 7.95. The number of non-ortho nitro benzene ring substituents is 1. The van der Waals surface area contributed by atoms with E-state index in [1.807, 2.05) is 6.92 Å². The van der Waals surface area contributed by atoms with Crippen LogP contribution in [0.3, 0.4) is 0 Å². The fraction of sp³-hybridized carbons (Fsp3) is 0.158. The standard InChI is InChI=1S/C19H19N5O5S/c1-13-7-9-16(10-8-13)30(28,29)23(3)19-17(12-20-22(19)2)18(25)21-14-5-4-6-15(11-14)24(26)27/h4-12H,1-3H3,(H,21,25). The molecule has 0 spiro atoms. The Morgan fingerprint density at radius 1 is 1.20 bits per heavy atom. The van der Waals surface area contributed by atoms with Gasteiger partial charge >= 0.3 is 0 Å². The van der Waals surface area contributed by atoms with E-state index in [0.29, 0.717) is 0 Å². The van der Waals surface area contributed by atoms with E-state index in [-0.39, 0.29) is 27.7 Å². The highest BCUT2D eigenvalue weighted by Crippen LogP contribution is 2.26. The second-order valence-electron chi connectivity index (χ2n) is 6.55. The molecule has 3 aromatic rings. The monoisotopic (exact) mass is 429 g/mol. The minimum atomic E-state index is -3.94. The van der Waals surface area contributed by atoms with E-state index < -0.39 is 20.9 Å². The molecule has 2 aromatic carbocycles. The lowest BCUT2D eigenvalue weighted by Gasteiger charge is -2.21. The van der Waals surface area contributed by atoms with Gasteiger partial charge in [-0.3, -0.25) is 23.9 Å². The van der Waals surface area contributed by atoms with Crippen LogP contribution in [0.1, 0.15) is 15.9 Å². The largest absolute Gasteiger partial charge is 0.322 e. The molecular weight excluding hydrogens is 410 g/mol. The van der Waals surface area contributed by atoms with Crippen molar-refractivity contribution in [3.05, 3.63) is 76.0 Å². The third-order valence-electron chi connectivity index (χ3n) is 4.44. The molecule has 0 saturated heterocycles. The summed E-state index contributed by atoms with van der Waals surface area (Å²) in [5.74, 6) is -0.594. The van der Waals surface area contributed by atoms with Crippen molar-refractivity contribution in [1.29, 1.82) is 0 Å². The van der Waals surface area contributed by atoms with Gasteiger partial charge in [0.15, 0.2) is 5.82 Å². The van der Waals surface area contributed by atoms with Gasteiger partial charge in [-0.15, -0.1) is 0 Å². The zero-order valence-electron chi connectivity index (χ0n) is 16.4. The Hall–Kier alpha value is -3.73. The highest BCUT2D eigenvalue weighted by atomic mass is 32.2. The van der Waals surface area contributed by atoms with Gasteiger partial charge in [-0.1, -0.05) is 23.8 Å². The summed E-state index contributed by atoms with van der Waals surface area (Å²) < 4.78 is 28.3. The summed E-state index contributed by atoms with van der Waals surface area (Å²) in [4.78, 5) is 23.2. The highest BCUT2D eigenvalue weighted by Gasteiger charge is 2.28. The normalized spacial score (nSPS) is 11.2. The molecule has 0 bridgehead atoms. The van der Waals surface area contributed by atoms with Gasteiger partial charge in [-0.25, -0.2) is 8.42 Å². The molecule has 1 aromatic heterocycles. The minimum absolute atomic E-state index is 0.00203. The zero-order chi connectivity index (χ0) is 22.1. The molecule has 0 unspecified atom stereocenters. The molecule has 0 aliphatic rings. The Morgan fingerprint density at radius 3 is 2.50 bits per heavy atom. The van der Waals surface area contributed by atoms with Gasteiger partial charge in [0.05, 0.1) is 16.0 Å². The molecular formula is C19H19N5O5S. The predicted octanol–water partition coefficient (Wildman–Crippen LogP) is 2.71. The summed E-state index contributed by atoms with van der Waals surface area (Å²) >= 11 is 0. The number of nitrogens with one attached hydrogen (secondary N) is 1. The van der Waals surface area contributed by atoms with E-state index in [4.69, 9.17) is 0 Å². The molecule has 3 rings (SSSR count). The summed E-state index contributed by atoms with van der Waals surface area (Å²) in [5.41, 5.74) is 0.933. The van der Waals surface area contributed by atoms with Crippen molar-refractivity contribution in [2.45, 2.75) is 11.8 Å². The maximum absolute atomic E-state index is 13.0. The Bertz CT molecular complexity index is 1220. The lowest BCUT2D eigenvalue weighted by Crippen LogP contribution is -2.30. The van der Waals surface area contributed by atoms with Gasteiger partial charge in [0.1, 0.15) is 5.56 Å². The van der Waals surface area contributed by atoms with Crippen LogP contribution in [-0.2, 0) is 17.1 Å². The molecule has 0 aliphatic heterocycles. The van der Waals surface area contributed by atoms with E-state index in [2.05, 4.69) is 10.4 Å². The van der Waals surface area contributed by atoms with Crippen LogP contribution in [0.15, 0.2) is 59.6 Å². The van der Waals surface area contributed by atoms with Crippen LogP contribution in [0.5, 0.6) is 0 Å². The lowest BCUT2D eigenvalue weighted by atomic mass is 10.2. The van der Waals surface area contributed by atoms with E-state index in [1.165, 1.54) is 61.4 Å². The third-order valence-corrected chi connectivity index (χ3v) is 6.21. The summed E-state index contributed by atoms with van der Waals surface area (Å²) in [5, 5.41) is 17.5. The third kappa shape index (κ3) is 4.01. The predicted molar refractivity (Wildman–Crippen MR) is 111 cm³/mol. The fourth-order valence-corrected chi connectivity index (χ4v) is 4.08. The van der Waals surface area contributed by atoms with Crippen LogP contribution >= 0.6 is 0 Å². The Kier molecular flexibility index (Phi) is 5.56. The average molecular weight is 429 g/mol. The summed E-state index contributed by atoms with van der Waals surface area (Å²) in [6.45, 7) is 1.84. The molecule has 0 saturated carbocycles. The molecule has 1 heterocycles. The number of hydrogen-bond donors (Lipinski definition) is 1. The van der Waals surface area contributed by atoms with E-state index in [9.17, 15) is 23.3 Å². The van der Waals surface area contributed by atoms with Crippen LogP contribution in [-0.4, -0.2) is 36.1 Å². The molecule has 1 N–H and O–H groups in total. The van der Waals surface area contributed by atoms with Crippen LogP contribution in [0.2, 0.25) is 0 Å². The first-order valence-corrected chi connectivity index (χ1v) is 10.2. The molecule has 30 heavy (non-hydrogen) atoms. The highest BCUT2D eigenvalue weighted by molar-refractivity contribution is 7.92. The molecule has 0 aliphatic carbocycles. The van der Waals surface area contributed by atoms with E-state index >= 15 is 0 Å². The number of aromatic nitrogens is 2. The number of carbonyl (C=O) groups is 1. The number of nitro benzene ring substituents is 1. The number of carbonyl (C=O) groups excluding carboxylic acids is 1. The number of sulfonamides is 1. The molecule has 11 heteroatoms. The number of aryl methyl sites for hydroxylation is 2. The minimum Gasteiger partial charge on any atom is -0.322 e. The van der Waals surface area contributed by atoms with Crippen molar-refractivity contribution in [3.8, 4) is 0 Å². The molecule has 10 nitrogen and oxygen atoms in total. The average Bonchev–Trinajstić information content (AvgIpc) is 3.09. The Balaban J connectivity index is 1.94. The van der Waals surface area contributed by atoms with Gasteiger partial charge in [-0.05, 0) is 25.1 Å². The maximum atomic E-state index is 13.0. The smallest absolute Gasteiger partial charge is 0.271 e. The topological polar surface area (TPSA) is 127 Å². The molecule has 0 radical (unpaired) electrons. The lowest BCUT2D eigenvalue weighted by molar-refractivity contribution is -0.384. The SMILES string of the molecule is Cc1ccc(S(=O)(=O)N(C)c2c(C(=O)Nc3cccc([N+](=O)[O-])c3)cnn2C)cc1. The number of rotatable bonds is 6. The number of nitrogens with zero attached hydrogens (tertiary/aromatic N) is 4. The van der Waals surface area contributed by atoms with Crippen LogP contribution in [0, 0.1) is 17.0 Å². The van der Waals surface area contributed by atoms with Gasteiger partial charge in [-0.2, -0.15) is 5.10 Å². The van der Waals surface area contributed by atoms with E-state index in [1.54, 1.807) is 12.1 Å². The van der Waals surface area contributed by atoms with E-state index in [0.717, 1.165) is 9.87 Å². The molecule has 156 valence electrons. The van der Waals surface area contributed by atoms with Gasteiger partial charge in [0.2, 0.25) is 0 Å². The van der Waals surface area contributed by atoms with Crippen LogP contribution < -0.4 is 9.62 Å². The maximum Gasteiger partial charge on any atom is 0.271 e.